The van der Waals surface area contributed by atoms with Crippen LogP contribution in [0.2, 0.25) is 0 Å². The molecule has 1 heterocycles. The van der Waals surface area contributed by atoms with E-state index < -0.39 is 0 Å². The highest BCUT2D eigenvalue weighted by Gasteiger charge is 2.39. The van der Waals surface area contributed by atoms with Gasteiger partial charge in [0.2, 0.25) is 0 Å². The van der Waals surface area contributed by atoms with Crippen molar-refractivity contribution in [2.45, 2.75) is 89.8 Å². The van der Waals surface area contributed by atoms with Crippen LogP contribution in [-0.2, 0) is 0 Å². The lowest BCUT2D eigenvalue weighted by molar-refractivity contribution is 0.0116. The predicted molar refractivity (Wildman–Crippen MR) is 104 cm³/mol. The summed E-state index contributed by atoms with van der Waals surface area (Å²) < 4.78 is 0. The van der Waals surface area contributed by atoms with Crippen LogP contribution >= 0.6 is 0 Å². The summed E-state index contributed by atoms with van der Waals surface area (Å²) in [6.45, 7) is 11.6. The second-order valence-corrected chi connectivity index (χ2v) is 9.76. The van der Waals surface area contributed by atoms with Crippen molar-refractivity contribution >= 4 is 10.2 Å². The average Bonchev–Trinajstić information content (AvgIpc) is 2.53. The molecule has 134 valence electrons. The molecular formula is C19H39N3Si. The Hall–Kier alpha value is -0.373. The summed E-state index contributed by atoms with van der Waals surface area (Å²) in [5, 5.41) is 9.18. The first-order valence-corrected chi connectivity index (χ1v) is 10.9. The molecule has 0 aromatic heterocycles. The van der Waals surface area contributed by atoms with Gasteiger partial charge >= 0.3 is 0 Å². The second-order valence-electron chi connectivity index (χ2n) is 7.74. The number of rotatable bonds is 11. The topological polar surface area (TPSA) is 30.3 Å². The van der Waals surface area contributed by atoms with Crippen molar-refractivity contribution < 1.29 is 0 Å². The van der Waals surface area contributed by atoms with Crippen molar-refractivity contribution in [3.8, 4) is 6.07 Å². The Morgan fingerprint density at radius 2 is 1.65 bits per heavy atom. The highest BCUT2D eigenvalue weighted by Crippen LogP contribution is 2.25. The third-order valence-corrected chi connectivity index (χ3v) is 7.30. The number of piperazine rings is 1. The van der Waals surface area contributed by atoms with Gasteiger partial charge in [0.15, 0.2) is 0 Å². The Kier molecular flexibility index (Phi) is 10.1. The predicted octanol–water partition coefficient (Wildman–Crippen LogP) is 3.13. The van der Waals surface area contributed by atoms with Crippen LogP contribution in [0.25, 0.3) is 0 Å². The molecule has 0 spiro atoms. The van der Waals surface area contributed by atoms with Crippen LogP contribution in [0.15, 0.2) is 0 Å². The van der Waals surface area contributed by atoms with Gasteiger partial charge in [-0.05, 0) is 26.8 Å². The average molecular weight is 338 g/mol. The van der Waals surface area contributed by atoms with E-state index in [2.05, 4.69) is 36.6 Å². The van der Waals surface area contributed by atoms with Crippen LogP contribution < -0.4 is 0 Å². The van der Waals surface area contributed by atoms with Gasteiger partial charge in [-0.15, -0.1) is 0 Å². The van der Waals surface area contributed by atoms with Crippen LogP contribution in [0.4, 0.5) is 0 Å². The molecule has 2 unspecified atom stereocenters. The van der Waals surface area contributed by atoms with E-state index >= 15 is 0 Å². The summed E-state index contributed by atoms with van der Waals surface area (Å²) in [7, 11) is 1.20. The zero-order valence-electron chi connectivity index (χ0n) is 16.1. The molecule has 1 rings (SSSR count). The van der Waals surface area contributed by atoms with E-state index in [1.165, 1.54) is 74.7 Å². The lowest BCUT2D eigenvalue weighted by atomic mass is 10.0. The molecule has 4 heteroatoms. The fourth-order valence-corrected chi connectivity index (χ4v) is 4.59. The Labute approximate surface area is 147 Å². The van der Waals surface area contributed by atoms with Crippen LogP contribution in [-0.4, -0.2) is 57.4 Å². The molecule has 0 N–H and O–H groups in total. The monoisotopic (exact) mass is 337 g/mol. The molecule has 0 radical (unpaired) electrons. The summed E-state index contributed by atoms with van der Waals surface area (Å²) in [5.41, 5.74) is 0. The largest absolute Gasteiger partial charge is 0.299 e. The number of unbranched alkanes of at least 4 members (excludes halogenated alkanes) is 7. The van der Waals surface area contributed by atoms with E-state index in [-0.39, 0.29) is 0 Å². The summed E-state index contributed by atoms with van der Waals surface area (Å²) in [5.74, 6) is 0. The van der Waals surface area contributed by atoms with Gasteiger partial charge in [0.1, 0.15) is 0 Å². The Morgan fingerprint density at radius 1 is 1.04 bits per heavy atom. The second kappa shape index (κ2) is 11.2. The summed E-state index contributed by atoms with van der Waals surface area (Å²) >= 11 is 0. The third kappa shape index (κ3) is 6.95. The fraction of sp³-hybridized carbons (Fsp3) is 0.947. The van der Waals surface area contributed by atoms with Crippen LogP contribution in [0.5, 0.6) is 0 Å². The molecule has 1 aliphatic heterocycles. The standard InChI is InChI=1S/C19H39N3Si/c1-4-5-6-7-8-9-10-11-15-22-17-16-21(14-12-13-20)18(2)19(22,3)23/h18H,4-12,14-17H2,1-3,23H3. The summed E-state index contributed by atoms with van der Waals surface area (Å²) in [6, 6.07) is 2.88. The molecule has 1 aliphatic rings. The van der Waals surface area contributed by atoms with E-state index in [1.807, 2.05) is 0 Å². The SMILES string of the molecule is CCCCCCCCCCN1CCN(CCC#N)C(C)C1(C)[SiH3]. The maximum Gasteiger partial charge on any atom is 0.0635 e. The highest BCUT2D eigenvalue weighted by atomic mass is 28.1. The molecule has 1 saturated heterocycles. The Bertz CT molecular complexity index is 351. The molecular weight excluding hydrogens is 298 g/mol. The van der Waals surface area contributed by atoms with E-state index in [1.54, 1.807) is 0 Å². The van der Waals surface area contributed by atoms with Gasteiger partial charge in [0.05, 0.1) is 6.07 Å². The molecule has 0 aromatic rings. The molecule has 0 bridgehead atoms. The van der Waals surface area contributed by atoms with Crippen molar-refractivity contribution in [3.63, 3.8) is 0 Å². The normalized spacial score (nSPS) is 26.4. The molecule has 1 fully saturated rings. The number of nitriles is 1. The Morgan fingerprint density at radius 3 is 2.26 bits per heavy atom. The van der Waals surface area contributed by atoms with Gasteiger partial charge in [0, 0.05) is 47.5 Å². The highest BCUT2D eigenvalue weighted by molar-refractivity contribution is 6.15. The lowest BCUT2D eigenvalue weighted by Gasteiger charge is -2.52. The Balaban J connectivity index is 2.23. The van der Waals surface area contributed by atoms with Crippen molar-refractivity contribution in [2.75, 3.05) is 26.2 Å². The minimum Gasteiger partial charge on any atom is -0.299 e. The zero-order valence-corrected chi connectivity index (χ0v) is 18.1. The molecule has 0 aliphatic carbocycles. The maximum atomic E-state index is 8.82. The molecule has 2 atom stereocenters. The van der Waals surface area contributed by atoms with E-state index in [9.17, 15) is 0 Å². The first-order chi connectivity index (χ1) is 11.0. The number of nitrogens with zero attached hydrogens (tertiary/aromatic N) is 3. The van der Waals surface area contributed by atoms with Gasteiger partial charge in [-0.25, -0.2) is 0 Å². The van der Waals surface area contributed by atoms with E-state index in [0.717, 1.165) is 13.1 Å². The summed E-state index contributed by atoms with van der Waals surface area (Å²) in [6.07, 6.45) is 11.9. The van der Waals surface area contributed by atoms with Crippen molar-refractivity contribution in [3.05, 3.63) is 0 Å². The first kappa shape index (κ1) is 20.7. The van der Waals surface area contributed by atoms with Crippen molar-refractivity contribution in [1.82, 2.24) is 9.80 Å². The van der Waals surface area contributed by atoms with Crippen molar-refractivity contribution in [2.24, 2.45) is 0 Å². The lowest BCUT2D eigenvalue weighted by Crippen LogP contribution is -2.66. The van der Waals surface area contributed by atoms with E-state index in [0.29, 0.717) is 17.6 Å². The zero-order chi connectivity index (χ0) is 17.1. The molecule has 0 aromatic carbocycles. The molecule has 23 heavy (non-hydrogen) atoms. The van der Waals surface area contributed by atoms with Gasteiger partial charge in [0.25, 0.3) is 0 Å². The third-order valence-electron chi connectivity index (χ3n) is 5.83. The smallest absolute Gasteiger partial charge is 0.0635 e. The van der Waals surface area contributed by atoms with Crippen LogP contribution in [0.1, 0.15) is 78.6 Å². The summed E-state index contributed by atoms with van der Waals surface area (Å²) in [4.78, 5) is 5.27. The van der Waals surface area contributed by atoms with E-state index in [4.69, 9.17) is 5.26 Å². The van der Waals surface area contributed by atoms with Gasteiger partial charge in [-0.3, -0.25) is 9.80 Å². The minimum atomic E-state index is 0.356. The quantitative estimate of drug-likeness (QED) is 0.429. The van der Waals surface area contributed by atoms with Gasteiger partial charge < -0.3 is 0 Å². The molecule has 0 saturated carbocycles. The van der Waals surface area contributed by atoms with Crippen LogP contribution in [0.3, 0.4) is 0 Å². The number of hydrogen-bond acceptors (Lipinski definition) is 3. The van der Waals surface area contributed by atoms with Gasteiger partial charge in [-0.1, -0.05) is 51.9 Å². The minimum absolute atomic E-state index is 0.356. The van der Waals surface area contributed by atoms with Crippen LogP contribution in [0, 0.1) is 11.3 Å². The first-order valence-electron chi connectivity index (χ1n) is 9.90. The van der Waals surface area contributed by atoms with Crippen molar-refractivity contribution in [1.29, 1.82) is 5.26 Å². The van der Waals surface area contributed by atoms with Gasteiger partial charge in [-0.2, -0.15) is 5.26 Å². The molecule has 0 amide bonds. The molecule has 3 nitrogen and oxygen atoms in total. The maximum absolute atomic E-state index is 8.82. The number of hydrogen-bond donors (Lipinski definition) is 0. The fourth-order valence-electron chi connectivity index (χ4n) is 3.78.